The van der Waals surface area contributed by atoms with E-state index in [0.29, 0.717) is 0 Å². The number of pyridine rings is 1. The van der Waals surface area contributed by atoms with Crippen LogP contribution in [-0.4, -0.2) is 15.6 Å². The summed E-state index contributed by atoms with van der Waals surface area (Å²) in [7, 11) is 1.58. The van der Waals surface area contributed by atoms with Gasteiger partial charge in [-0.15, -0.1) is 0 Å². The van der Waals surface area contributed by atoms with Crippen molar-refractivity contribution in [3.05, 3.63) is 33.7 Å². The molecule has 0 saturated carbocycles. The molecule has 1 aromatic heterocycles. The summed E-state index contributed by atoms with van der Waals surface area (Å²) in [6.07, 6.45) is 1.44. The molecular weight excluding hydrogens is 158 g/mol. The largest absolute Gasteiger partial charge is 0.478 e. The summed E-state index contributed by atoms with van der Waals surface area (Å²) in [4.78, 5) is 21.7. The predicted octanol–water partition coefficient (Wildman–Crippen LogP) is 0.392. The van der Waals surface area contributed by atoms with Crippen LogP contribution in [0, 0.1) is 6.92 Å². The van der Waals surface area contributed by atoms with E-state index in [1.807, 2.05) is 0 Å². The summed E-state index contributed by atoms with van der Waals surface area (Å²) in [6, 6.07) is 1.42. The van der Waals surface area contributed by atoms with Crippen LogP contribution >= 0.6 is 0 Å². The average Bonchev–Trinajstić information content (AvgIpc) is 2.00. The molecule has 4 nitrogen and oxygen atoms in total. The lowest BCUT2D eigenvalue weighted by Crippen LogP contribution is -2.21. The summed E-state index contributed by atoms with van der Waals surface area (Å²) >= 11 is 0. The number of aromatic carboxylic acids is 1. The summed E-state index contributed by atoms with van der Waals surface area (Å²) in [5.74, 6) is -1.06. The highest BCUT2D eigenvalue weighted by atomic mass is 16.4. The van der Waals surface area contributed by atoms with Crippen molar-refractivity contribution < 1.29 is 9.90 Å². The molecular formula is C8H9NO3. The number of carboxylic acids is 1. The molecule has 0 unspecified atom stereocenters. The molecule has 0 aliphatic carbocycles. The minimum Gasteiger partial charge on any atom is -0.478 e. The maximum absolute atomic E-state index is 11.2. The van der Waals surface area contributed by atoms with Gasteiger partial charge in [0.2, 0.25) is 0 Å². The van der Waals surface area contributed by atoms with Gasteiger partial charge in [-0.1, -0.05) is 0 Å². The number of aryl methyl sites for hydroxylation is 1. The van der Waals surface area contributed by atoms with Crippen LogP contribution in [0.25, 0.3) is 0 Å². The van der Waals surface area contributed by atoms with Crippen LogP contribution < -0.4 is 5.56 Å². The van der Waals surface area contributed by atoms with E-state index < -0.39 is 5.97 Å². The maximum Gasteiger partial charge on any atom is 0.336 e. The highest BCUT2D eigenvalue weighted by molar-refractivity contribution is 5.88. The zero-order valence-electron chi connectivity index (χ0n) is 6.87. The third-order valence-corrected chi connectivity index (χ3v) is 1.74. The first kappa shape index (κ1) is 8.52. The molecule has 4 heteroatoms. The normalized spacial score (nSPS) is 9.83. The Labute approximate surface area is 69.1 Å². The van der Waals surface area contributed by atoms with E-state index >= 15 is 0 Å². The highest BCUT2D eigenvalue weighted by Crippen LogP contribution is 2.00. The van der Waals surface area contributed by atoms with Crippen LogP contribution in [0.2, 0.25) is 0 Å². The Hall–Kier alpha value is -1.58. The Kier molecular flexibility index (Phi) is 1.99. The molecule has 0 bridgehead atoms. The fourth-order valence-electron chi connectivity index (χ4n) is 0.990. The van der Waals surface area contributed by atoms with Gasteiger partial charge in [-0.2, -0.15) is 0 Å². The number of carboxylic acid groups (broad SMARTS) is 1. The van der Waals surface area contributed by atoms with Gasteiger partial charge >= 0.3 is 5.97 Å². The summed E-state index contributed by atoms with van der Waals surface area (Å²) in [5.41, 5.74) is 0.0699. The zero-order chi connectivity index (χ0) is 9.30. The van der Waals surface area contributed by atoms with Gasteiger partial charge < -0.3 is 9.67 Å². The van der Waals surface area contributed by atoms with Crippen molar-refractivity contribution in [1.82, 2.24) is 4.57 Å². The number of hydrogen-bond donors (Lipinski definition) is 1. The lowest BCUT2D eigenvalue weighted by atomic mass is 10.1. The summed E-state index contributed by atoms with van der Waals surface area (Å²) in [5, 5.41) is 8.63. The van der Waals surface area contributed by atoms with Gasteiger partial charge in [0.15, 0.2) is 0 Å². The topological polar surface area (TPSA) is 59.3 Å². The molecule has 1 N–H and O–H groups in total. The van der Waals surface area contributed by atoms with Gasteiger partial charge in [0.1, 0.15) is 0 Å². The molecule has 1 heterocycles. The fourth-order valence-corrected chi connectivity index (χ4v) is 0.990. The summed E-state index contributed by atoms with van der Waals surface area (Å²) in [6.45, 7) is 1.51. The molecule has 0 aromatic carbocycles. The Morgan fingerprint density at radius 2 is 2.17 bits per heavy atom. The lowest BCUT2D eigenvalue weighted by Gasteiger charge is -2.01. The Bertz CT molecular complexity index is 378. The zero-order valence-corrected chi connectivity index (χ0v) is 6.87. The van der Waals surface area contributed by atoms with E-state index in [1.165, 1.54) is 23.8 Å². The Balaban J connectivity index is 3.47. The second kappa shape index (κ2) is 2.81. The first-order valence-electron chi connectivity index (χ1n) is 3.43. The van der Waals surface area contributed by atoms with Crippen molar-refractivity contribution in [3.63, 3.8) is 0 Å². The average molecular weight is 167 g/mol. The van der Waals surface area contributed by atoms with Crippen LogP contribution in [0.4, 0.5) is 0 Å². The van der Waals surface area contributed by atoms with E-state index in [-0.39, 0.29) is 16.7 Å². The van der Waals surface area contributed by atoms with Crippen LogP contribution in [0.3, 0.4) is 0 Å². The minimum absolute atomic E-state index is 0.0677. The van der Waals surface area contributed by atoms with Gasteiger partial charge in [0.05, 0.1) is 5.56 Å². The van der Waals surface area contributed by atoms with Crippen molar-refractivity contribution >= 4 is 5.97 Å². The van der Waals surface area contributed by atoms with Gasteiger partial charge in [-0.25, -0.2) is 4.79 Å². The SMILES string of the molecule is Cc1c(C(=O)O)ccn(C)c1=O. The third-order valence-electron chi connectivity index (χ3n) is 1.74. The molecule has 0 amide bonds. The number of rotatable bonds is 1. The standard InChI is InChI=1S/C8H9NO3/c1-5-6(8(11)12)3-4-9(2)7(5)10/h3-4H,1-2H3,(H,11,12). The number of carbonyl (C=O) groups is 1. The van der Waals surface area contributed by atoms with E-state index in [0.717, 1.165) is 0 Å². The number of nitrogens with zero attached hydrogens (tertiary/aromatic N) is 1. The van der Waals surface area contributed by atoms with E-state index in [1.54, 1.807) is 7.05 Å². The molecule has 0 saturated heterocycles. The van der Waals surface area contributed by atoms with Crippen LogP contribution in [-0.2, 0) is 7.05 Å². The van der Waals surface area contributed by atoms with Crippen molar-refractivity contribution in [2.75, 3.05) is 0 Å². The molecule has 0 atom stereocenters. The molecule has 0 fully saturated rings. The first-order chi connectivity index (χ1) is 5.54. The van der Waals surface area contributed by atoms with E-state index in [9.17, 15) is 9.59 Å². The molecule has 0 radical (unpaired) electrons. The molecule has 0 aliphatic heterocycles. The lowest BCUT2D eigenvalue weighted by molar-refractivity contribution is 0.0695. The molecule has 1 aromatic rings. The molecule has 1 rings (SSSR count). The molecule has 0 aliphatic rings. The van der Waals surface area contributed by atoms with Crippen LogP contribution in [0.15, 0.2) is 17.1 Å². The van der Waals surface area contributed by atoms with Crippen LogP contribution in [0.1, 0.15) is 15.9 Å². The predicted molar refractivity (Wildman–Crippen MR) is 43.4 cm³/mol. The summed E-state index contributed by atoms with van der Waals surface area (Å²) < 4.78 is 1.35. The maximum atomic E-state index is 11.2. The van der Waals surface area contributed by atoms with E-state index in [2.05, 4.69) is 0 Å². The monoisotopic (exact) mass is 167 g/mol. The fraction of sp³-hybridized carbons (Fsp3) is 0.250. The van der Waals surface area contributed by atoms with Crippen molar-refractivity contribution in [2.45, 2.75) is 6.92 Å². The Morgan fingerprint density at radius 3 is 2.67 bits per heavy atom. The van der Waals surface area contributed by atoms with Gasteiger partial charge in [0, 0.05) is 18.8 Å². The highest BCUT2D eigenvalue weighted by Gasteiger charge is 2.09. The number of hydrogen-bond acceptors (Lipinski definition) is 2. The quantitative estimate of drug-likeness (QED) is 0.658. The van der Waals surface area contributed by atoms with Crippen molar-refractivity contribution in [3.8, 4) is 0 Å². The first-order valence-corrected chi connectivity index (χ1v) is 3.43. The van der Waals surface area contributed by atoms with Crippen molar-refractivity contribution in [1.29, 1.82) is 0 Å². The number of aromatic nitrogens is 1. The van der Waals surface area contributed by atoms with Crippen molar-refractivity contribution in [2.24, 2.45) is 7.05 Å². The third kappa shape index (κ3) is 1.23. The smallest absolute Gasteiger partial charge is 0.336 e. The van der Waals surface area contributed by atoms with Gasteiger partial charge in [-0.05, 0) is 13.0 Å². The molecule has 12 heavy (non-hydrogen) atoms. The second-order valence-electron chi connectivity index (χ2n) is 2.58. The Morgan fingerprint density at radius 1 is 1.58 bits per heavy atom. The minimum atomic E-state index is -1.06. The molecule has 0 spiro atoms. The van der Waals surface area contributed by atoms with Gasteiger partial charge in [-0.3, -0.25) is 4.79 Å². The molecule has 64 valence electrons. The second-order valence-corrected chi connectivity index (χ2v) is 2.58. The van der Waals surface area contributed by atoms with Crippen LogP contribution in [0.5, 0.6) is 0 Å². The van der Waals surface area contributed by atoms with E-state index in [4.69, 9.17) is 5.11 Å². The van der Waals surface area contributed by atoms with Gasteiger partial charge in [0.25, 0.3) is 5.56 Å².